The number of hydrogen-bond donors (Lipinski definition) is 2. The van der Waals surface area contributed by atoms with Crippen molar-refractivity contribution >= 4 is 23.4 Å². The topological polar surface area (TPSA) is 121 Å². The third-order valence-electron chi connectivity index (χ3n) is 2.91. The van der Waals surface area contributed by atoms with Gasteiger partial charge in [0.15, 0.2) is 11.5 Å². The van der Waals surface area contributed by atoms with Gasteiger partial charge >= 0.3 is 0 Å². The fourth-order valence-electron chi connectivity index (χ4n) is 1.88. The molecular formula is C13H13N5O4S. The molecule has 3 rings (SSSR count). The molecule has 0 bridgehead atoms. The molecule has 1 amide bonds. The zero-order valence-electron chi connectivity index (χ0n) is 11.9. The molecule has 120 valence electrons. The summed E-state index contributed by atoms with van der Waals surface area (Å²) in [7, 11) is 0. The van der Waals surface area contributed by atoms with E-state index in [0.717, 1.165) is 22.6 Å². The van der Waals surface area contributed by atoms with Crippen LogP contribution in [0.25, 0.3) is 0 Å². The van der Waals surface area contributed by atoms with Gasteiger partial charge in [-0.25, -0.2) is 0 Å². The lowest BCUT2D eigenvalue weighted by Crippen LogP contribution is -2.30. The molecule has 0 unspecified atom stereocenters. The second kappa shape index (κ2) is 6.57. The molecule has 1 aliphatic rings. The fourth-order valence-corrected chi connectivity index (χ4v) is 2.55. The first-order valence-corrected chi connectivity index (χ1v) is 7.64. The third kappa shape index (κ3) is 3.54. The van der Waals surface area contributed by atoms with Crippen LogP contribution in [0.2, 0.25) is 0 Å². The number of nitrogens with two attached hydrogens (primary N) is 1. The van der Waals surface area contributed by atoms with Gasteiger partial charge in [-0.05, 0) is 12.1 Å². The van der Waals surface area contributed by atoms with E-state index < -0.39 is 5.56 Å². The van der Waals surface area contributed by atoms with Crippen LogP contribution in [0.15, 0.2) is 34.3 Å². The summed E-state index contributed by atoms with van der Waals surface area (Å²) in [5, 5.41) is 10.1. The number of hydrogen-bond acceptors (Lipinski definition) is 8. The summed E-state index contributed by atoms with van der Waals surface area (Å²) in [5.74, 6) is 6.51. The summed E-state index contributed by atoms with van der Waals surface area (Å²) in [5.41, 5.74) is 0.0962. The molecule has 0 saturated carbocycles. The molecule has 0 saturated heterocycles. The van der Waals surface area contributed by atoms with Crippen molar-refractivity contribution in [2.24, 2.45) is 0 Å². The number of nitrogen functional groups attached to an aromatic ring is 1. The number of carbonyl (C=O) groups excluding carboxylic acids is 1. The van der Waals surface area contributed by atoms with Crippen molar-refractivity contribution in [2.75, 3.05) is 30.1 Å². The fraction of sp³-hybridized carbons (Fsp3) is 0.231. The monoisotopic (exact) mass is 335 g/mol. The van der Waals surface area contributed by atoms with Crippen molar-refractivity contribution in [1.82, 2.24) is 14.9 Å². The molecule has 0 atom stereocenters. The van der Waals surface area contributed by atoms with Gasteiger partial charge in [0.2, 0.25) is 11.1 Å². The lowest BCUT2D eigenvalue weighted by molar-refractivity contribution is -0.113. The number of carbonyl (C=O) groups is 1. The first-order chi connectivity index (χ1) is 11.1. The van der Waals surface area contributed by atoms with Gasteiger partial charge in [-0.2, -0.15) is 9.77 Å². The Kier molecular flexibility index (Phi) is 4.33. The molecule has 2 heterocycles. The standard InChI is InChI=1S/C13H13N5O4S/c14-18-12(20)6-15-17-13(18)23-7-11(19)16-8-1-2-9-10(5-8)22-4-3-21-9/h1-2,5-6H,3-4,7,14H2,(H,16,19). The van der Waals surface area contributed by atoms with Crippen LogP contribution in [-0.2, 0) is 4.79 Å². The molecule has 0 aliphatic carbocycles. The van der Waals surface area contributed by atoms with E-state index in [4.69, 9.17) is 15.3 Å². The van der Waals surface area contributed by atoms with Crippen LogP contribution in [-0.4, -0.2) is 39.7 Å². The number of nitrogens with one attached hydrogen (secondary N) is 1. The summed E-state index contributed by atoms with van der Waals surface area (Å²) >= 11 is 1.01. The van der Waals surface area contributed by atoms with Crippen LogP contribution in [0.5, 0.6) is 11.5 Å². The van der Waals surface area contributed by atoms with Crippen molar-refractivity contribution < 1.29 is 14.3 Å². The Morgan fingerprint density at radius 3 is 2.96 bits per heavy atom. The van der Waals surface area contributed by atoms with Crippen LogP contribution < -0.4 is 26.2 Å². The number of fused-ring (bicyclic) bond motifs is 1. The minimum atomic E-state index is -0.491. The molecule has 1 aromatic heterocycles. The van der Waals surface area contributed by atoms with Gasteiger partial charge in [-0.1, -0.05) is 11.8 Å². The van der Waals surface area contributed by atoms with Crippen molar-refractivity contribution in [3.63, 3.8) is 0 Å². The maximum absolute atomic E-state index is 12.0. The molecule has 0 spiro atoms. The highest BCUT2D eigenvalue weighted by Gasteiger charge is 2.13. The number of rotatable bonds is 4. The summed E-state index contributed by atoms with van der Waals surface area (Å²) < 4.78 is 11.7. The summed E-state index contributed by atoms with van der Waals surface area (Å²) in [4.78, 5) is 23.3. The molecule has 1 aromatic carbocycles. The number of ether oxygens (including phenoxy) is 2. The average Bonchev–Trinajstić information content (AvgIpc) is 2.56. The van der Waals surface area contributed by atoms with Crippen molar-refractivity contribution in [3.8, 4) is 11.5 Å². The Labute approximate surface area is 134 Å². The molecule has 0 fully saturated rings. The Balaban J connectivity index is 1.61. The van der Waals surface area contributed by atoms with Gasteiger partial charge in [-0.15, -0.1) is 5.10 Å². The second-order valence-electron chi connectivity index (χ2n) is 4.53. The van der Waals surface area contributed by atoms with E-state index in [2.05, 4.69) is 15.5 Å². The molecular weight excluding hydrogens is 322 g/mol. The van der Waals surface area contributed by atoms with Crippen LogP contribution >= 0.6 is 11.8 Å². The van der Waals surface area contributed by atoms with Gasteiger partial charge < -0.3 is 20.6 Å². The normalized spacial score (nSPS) is 12.7. The zero-order valence-corrected chi connectivity index (χ0v) is 12.7. The molecule has 9 nitrogen and oxygen atoms in total. The number of benzene rings is 1. The Bertz CT molecular complexity index is 794. The van der Waals surface area contributed by atoms with E-state index in [1.54, 1.807) is 18.2 Å². The molecule has 23 heavy (non-hydrogen) atoms. The summed E-state index contributed by atoms with van der Waals surface area (Å²) in [6, 6.07) is 5.15. The van der Waals surface area contributed by atoms with Gasteiger partial charge in [-0.3, -0.25) is 9.59 Å². The van der Waals surface area contributed by atoms with E-state index in [-0.39, 0.29) is 16.8 Å². The largest absolute Gasteiger partial charge is 0.486 e. The summed E-state index contributed by atoms with van der Waals surface area (Å²) in [6.07, 6.45) is 0.999. The van der Waals surface area contributed by atoms with Gasteiger partial charge in [0, 0.05) is 11.8 Å². The smallest absolute Gasteiger partial charge is 0.291 e. The highest BCUT2D eigenvalue weighted by atomic mass is 32.2. The molecule has 2 aromatic rings. The van der Waals surface area contributed by atoms with E-state index in [1.807, 2.05) is 0 Å². The van der Waals surface area contributed by atoms with Crippen molar-refractivity contribution in [1.29, 1.82) is 0 Å². The van der Waals surface area contributed by atoms with Crippen LogP contribution in [0.3, 0.4) is 0 Å². The Morgan fingerprint density at radius 2 is 2.13 bits per heavy atom. The quantitative estimate of drug-likeness (QED) is 0.584. The minimum Gasteiger partial charge on any atom is -0.486 e. The highest BCUT2D eigenvalue weighted by molar-refractivity contribution is 7.99. The maximum atomic E-state index is 12.0. The maximum Gasteiger partial charge on any atom is 0.291 e. The van der Waals surface area contributed by atoms with Crippen LogP contribution in [0.1, 0.15) is 0 Å². The van der Waals surface area contributed by atoms with E-state index in [9.17, 15) is 9.59 Å². The zero-order chi connectivity index (χ0) is 16.2. The first-order valence-electron chi connectivity index (χ1n) is 6.65. The third-order valence-corrected chi connectivity index (χ3v) is 3.86. The Morgan fingerprint density at radius 1 is 1.35 bits per heavy atom. The van der Waals surface area contributed by atoms with E-state index >= 15 is 0 Å². The van der Waals surface area contributed by atoms with E-state index in [0.29, 0.717) is 30.4 Å². The molecule has 0 radical (unpaired) electrons. The van der Waals surface area contributed by atoms with Gasteiger partial charge in [0.25, 0.3) is 5.56 Å². The number of thioether (sulfide) groups is 1. The predicted octanol–water partition coefficient (Wildman–Crippen LogP) is -0.146. The first kappa shape index (κ1) is 15.2. The van der Waals surface area contributed by atoms with Gasteiger partial charge in [0.05, 0.1) is 5.75 Å². The molecule has 10 heteroatoms. The van der Waals surface area contributed by atoms with Crippen LogP contribution in [0, 0.1) is 0 Å². The second-order valence-corrected chi connectivity index (χ2v) is 5.47. The van der Waals surface area contributed by atoms with E-state index in [1.165, 1.54) is 0 Å². The lowest BCUT2D eigenvalue weighted by Gasteiger charge is -2.19. The molecule has 3 N–H and O–H groups in total. The minimum absolute atomic E-state index is 0.0315. The lowest BCUT2D eigenvalue weighted by atomic mass is 10.2. The Hall–Kier alpha value is -2.75. The number of anilines is 1. The number of aromatic nitrogens is 3. The molecule has 1 aliphatic heterocycles. The van der Waals surface area contributed by atoms with Crippen molar-refractivity contribution in [3.05, 3.63) is 34.7 Å². The van der Waals surface area contributed by atoms with Crippen LogP contribution in [0.4, 0.5) is 5.69 Å². The average molecular weight is 335 g/mol. The predicted molar refractivity (Wildman–Crippen MR) is 83.2 cm³/mol. The van der Waals surface area contributed by atoms with Gasteiger partial charge in [0.1, 0.15) is 19.4 Å². The number of nitrogens with zero attached hydrogens (tertiary/aromatic N) is 3. The van der Waals surface area contributed by atoms with Crippen molar-refractivity contribution in [2.45, 2.75) is 5.16 Å². The number of amides is 1. The summed E-state index contributed by atoms with van der Waals surface area (Å²) in [6.45, 7) is 0.981. The SMILES string of the molecule is Nn1c(SCC(=O)Nc2ccc3c(c2)OCCO3)nncc1=O. The highest BCUT2D eigenvalue weighted by Crippen LogP contribution is 2.32.